The van der Waals surface area contributed by atoms with E-state index in [-0.39, 0.29) is 18.1 Å². The minimum atomic E-state index is -0.324. The van der Waals surface area contributed by atoms with Crippen LogP contribution in [0.2, 0.25) is 0 Å². The number of fused-ring (bicyclic) bond motifs is 5. The quantitative estimate of drug-likeness (QED) is 0.744. The number of aromatic hydroxyl groups is 1. The highest BCUT2D eigenvalue weighted by Crippen LogP contribution is 2.60. The zero-order valence-electron chi connectivity index (χ0n) is 12.3. The van der Waals surface area contributed by atoms with Gasteiger partial charge in [0.05, 0.1) is 12.7 Å². The van der Waals surface area contributed by atoms with Gasteiger partial charge in [0, 0.05) is 5.41 Å². The number of phenolic OH excluding ortho intramolecular Hbond substituents is 1. The maximum atomic E-state index is 10.4. The first kappa shape index (κ1) is 13.6. The van der Waals surface area contributed by atoms with E-state index in [4.69, 9.17) is 0 Å². The van der Waals surface area contributed by atoms with E-state index in [1.807, 2.05) is 6.07 Å². The molecule has 21 heavy (non-hydrogen) atoms. The van der Waals surface area contributed by atoms with Gasteiger partial charge in [-0.15, -0.1) is 0 Å². The predicted molar refractivity (Wildman–Crippen MR) is 80.1 cm³/mol. The molecular weight excluding hydrogens is 264 g/mol. The molecule has 0 bridgehead atoms. The second-order valence-corrected chi connectivity index (χ2v) is 7.32. The van der Waals surface area contributed by atoms with Crippen molar-refractivity contribution in [2.24, 2.45) is 17.3 Å². The third-order valence-corrected chi connectivity index (χ3v) is 6.68. The molecule has 0 saturated heterocycles. The minimum absolute atomic E-state index is 0.129. The lowest BCUT2D eigenvalue weighted by atomic mass is 9.55. The molecule has 1 aromatic rings. The van der Waals surface area contributed by atoms with Crippen molar-refractivity contribution in [3.05, 3.63) is 29.3 Å². The fourth-order valence-electron chi connectivity index (χ4n) is 5.65. The van der Waals surface area contributed by atoms with E-state index < -0.39 is 0 Å². The van der Waals surface area contributed by atoms with Crippen LogP contribution < -0.4 is 0 Å². The number of aliphatic hydroxyl groups is 2. The molecular formula is C18H24O3. The molecule has 3 nitrogen and oxygen atoms in total. The van der Waals surface area contributed by atoms with Crippen LogP contribution in [0.1, 0.15) is 49.1 Å². The van der Waals surface area contributed by atoms with Gasteiger partial charge in [0.1, 0.15) is 5.75 Å². The van der Waals surface area contributed by atoms with Crippen molar-refractivity contribution in [1.82, 2.24) is 0 Å². The highest BCUT2D eigenvalue weighted by Gasteiger charge is 2.56. The van der Waals surface area contributed by atoms with Gasteiger partial charge >= 0.3 is 0 Å². The van der Waals surface area contributed by atoms with E-state index in [0.717, 1.165) is 38.5 Å². The largest absolute Gasteiger partial charge is 0.508 e. The third kappa shape index (κ3) is 1.80. The van der Waals surface area contributed by atoms with Gasteiger partial charge in [0.25, 0.3) is 0 Å². The molecule has 0 unspecified atom stereocenters. The van der Waals surface area contributed by atoms with Crippen molar-refractivity contribution in [2.45, 2.75) is 50.5 Å². The summed E-state index contributed by atoms with van der Waals surface area (Å²) >= 11 is 0. The van der Waals surface area contributed by atoms with Crippen LogP contribution in [0, 0.1) is 17.3 Å². The first-order chi connectivity index (χ1) is 10.2. The Morgan fingerprint density at radius 2 is 2.00 bits per heavy atom. The van der Waals surface area contributed by atoms with Crippen molar-refractivity contribution >= 4 is 0 Å². The molecule has 2 saturated carbocycles. The maximum absolute atomic E-state index is 10.4. The molecule has 0 radical (unpaired) electrons. The van der Waals surface area contributed by atoms with Gasteiger partial charge in [-0.3, -0.25) is 0 Å². The molecule has 0 aliphatic heterocycles. The summed E-state index contributed by atoms with van der Waals surface area (Å²) in [5, 5.41) is 30.0. The predicted octanol–water partition coefficient (Wildman–Crippen LogP) is 2.58. The normalized spacial score (nSPS) is 41.2. The van der Waals surface area contributed by atoms with E-state index in [1.165, 1.54) is 11.1 Å². The summed E-state index contributed by atoms with van der Waals surface area (Å²) in [5.41, 5.74) is 2.46. The third-order valence-electron chi connectivity index (χ3n) is 6.68. The smallest absolute Gasteiger partial charge is 0.115 e. The molecule has 3 N–H and O–H groups in total. The molecule has 0 aromatic heterocycles. The fraction of sp³-hybridized carbons (Fsp3) is 0.667. The zero-order valence-corrected chi connectivity index (χ0v) is 12.3. The SMILES string of the molecule is OC[C@]12CC[C@@H]3c4ccc(O)cc4CC[C@H]3[C@@H]1CC[C@@H]2O. The number of aryl methyl sites for hydroxylation is 1. The van der Waals surface area contributed by atoms with Crippen molar-refractivity contribution in [3.63, 3.8) is 0 Å². The minimum Gasteiger partial charge on any atom is -0.508 e. The Morgan fingerprint density at radius 1 is 1.14 bits per heavy atom. The van der Waals surface area contributed by atoms with E-state index in [0.29, 0.717) is 23.5 Å². The Morgan fingerprint density at radius 3 is 2.81 bits per heavy atom. The van der Waals surface area contributed by atoms with Gasteiger partial charge in [0.15, 0.2) is 0 Å². The highest BCUT2D eigenvalue weighted by molar-refractivity contribution is 5.40. The van der Waals surface area contributed by atoms with Crippen LogP contribution in [-0.2, 0) is 6.42 Å². The van der Waals surface area contributed by atoms with Crippen LogP contribution in [0.3, 0.4) is 0 Å². The molecule has 5 atom stereocenters. The number of phenols is 1. The number of hydrogen-bond donors (Lipinski definition) is 3. The van der Waals surface area contributed by atoms with Crippen LogP contribution >= 0.6 is 0 Å². The Balaban J connectivity index is 1.71. The van der Waals surface area contributed by atoms with Crippen LogP contribution in [0.25, 0.3) is 0 Å². The lowest BCUT2D eigenvalue weighted by Crippen LogP contribution is -2.48. The Labute approximate surface area is 125 Å². The average molecular weight is 288 g/mol. The summed E-state index contributed by atoms with van der Waals surface area (Å²) in [6.07, 6.45) is 5.69. The van der Waals surface area contributed by atoms with E-state index >= 15 is 0 Å². The molecule has 4 rings (SSSR count). The molecule has 2 fully saturated rings. The van der Waals surface area contributed by atoms with Gasteiger partial charge < -0.3 is 15.3 Å². The summed E-state index contributed by atoms with van der Waals surface area (Å²) in [5.74, 6) is 1.95. The van der Waals surface area contributed by atoms with Crippen LogP contribution in [0.15, 0.2) is 18.2 Å². The molecule has 0 amide bonds. The lowest BCUT2D eigenvalue weighted by Gasteiger charge is -2.50. The zero-order chi connectivity index (χ0) is 14.6. The first-order valence-corrected chi connectivity index (χ1v) is 8.26. The number of rotatable bonds is 1. The second kappa shape index (κ2) is 4.72. The van der Waals surface area contributed by atoms with Gasteiger partial charge in [-0.25, -0.2) is 0 Å². The Hall–Kier alpha value is -1.06. The Bertz CT molecular complexity index is 555. The summed E-state index contributed by atoms with van der Waals surface area (Å²) in [7, 11) is 0. The van der Waals surface area contributed by atoms with E-state index in [1.54, 1.807) is 6.07 Å². The molecule has 0 heterocycles. The number of benzene rings is 1. The molecule has 3 aliphatic carbocycles. The standard InChI is InChI=1S/C18H24O3/c19-10-18-8-7-14-13-4-2-12(20)9-11(13)1-3-15(14)16(18)5-6-17(18)21/h2,4,9,14-17,19-21H,1,3,5-8,10H2/t14-,15-,16+,17+,18-/m1/s1. The monoisotopic (exact) mass is 288 g/mol. The maximum Gasteiger partial charge on any atom is 0.115 e. The number of hydrogen-bond acceptors (Lipinski definition) is 3. The molecule has 3 heteroatoms. The molecule has 0 spiro atoms. The first-order valence-electron chi connectivity index (χ1n) is 8.26. The average Bonchev–Trinajstić information content (AvgIpc) is 2.84. The van der Waals surface area contributed by atoms with Gasteiger partial charge in [-0.05, 0) is 79.5 Å². The van der Waals surface area contributed by atoms with E-state index in [2.05, 4.69) is 6.07 Å². The topological polar surface area (TPSA) is 60.7 Å². The summed E-state index contributed by atoms with van der Waals surface area (Å²) in [6.45, 7) is 0.129. The van der Waals surface area contributed by atoms with Crippen LogP contribution in [-0.4, -0.2) is 28.0 Å². The van der Waals surface area contributed by atoms with Crippen molar-refractivity contribution in [1.29, 1.82) is 0 Å². The van der Waals surface area contributed by atoms with Crippen molar-refractivity contribution in [2.75, 3.05) is 6.61 Å². The highest BCUT2D eigenvalue weighted by atomic mass is 16.3. The van der Waals surface area contributed by atoms with Crippen molar-refractivity contribution in [3.8, 4) is 5.75 Å². The summed E-state index contributed by atoms with van der Waals surface area (Å²) in [6, 6.07) is 5.82. The summed E-state index contributed by atoms with van der Waals surface area (Å²) in [4.78, 5) is 0. The van der Waals surface area contributed by atoms with Crippen molar-refractivity contribution < 1.29 is 15.3 Å². The fourth-order valence-corrected chi connectivity index (χ4v) is 5.65. The van der Waals surface area contributed by atoms with E-state index in [9.17, 15) is 15.3 Å². The van der Waals surface area contributed by atoms with Gasteiger partial charge in [0.2, 0.25) is 0 Å². The molecule has 114 valence electrons. The molecule has 1 aromatic carbocycles. The second-order valence-electron chi connectivity index (χ2n) is 7.32. The van der Waals surface area contributed by atoms with Gasteiger partial charge in [-0.1, -0.05) is 6.07 Å². The van der Waals surface area contributed by atoms with Crippen LogP contribution in [0.5, 0.6) is 5.75 Å². The van der Waals surface area contributed by atoms with Crippen LogP contribution in [0.4, 0.5) is 0 Å². The van der Waals surface area contributed by atoms with Gasteiger partial charge in [-0.2, -0.15) is 0 Å². The summed E-state index contributed by atoms with van der Waals surface area (Å²) < 4.78 is 0. The number of aliphatic hydroxyl groups excluding tert-OH is 2. The molecule has 3 aliphatic rings. The Kier molecular flexibility index (Phi) is 3.05. The lowest BCUT2D eigenvalue weighted by molar-refractivity contribution is -0.0711.